The van der Waals surface area contributed by atoms with E-state index in [4.69, 9.17) is 18.9 Å². The molecule has 0 bridgehead atoms. The molecule has 9 heteroatoms. The molecule has 0 aromatic heterocycles. The van der Waals surface area contributed by atoms with Crippen LogP contribution in [-0.4, -0.2) is 74.9 Å². The van der Waals surface area contributed by atoms with E-state index in [1.165, 1.54) is 7.11 Å². The van der Waals surface area contributed by atoms with Crippen LogP contribution in [0.25, 0.3) is 6.08 Å². The van der Waals surface area contributed by atoms with Crippen molar-refractivity contribution in [2.24, 2.45) is 0 Å². The molecule has 9 nitrogen and oxygen atoms in total. The molecule has 1 aromatic carbocycles. The molecule has 3 heterocycles. The van der Waals surface area contributed by atoms with Crippen LogP contribution in [0.15, 0.2) is 41.1 Å². The van der Waals surface area contributed by atoms with Gasteiger partial charge in [0.15, 0.2) is 6.61 Å². The van der Waals surface area contributed by atoms with Crippen LogP contribution in [0, 0.1) is 0 Å². The Labute approximate surface area is 205 Å². The molecule has 188 valence electrons. The fourth-order valence-electron chi connectivity index (χ4n) is 4.50. The van der Waals surface area contributed by atoms with Gasteiger partial charge in [-0.3, -0.25) is 9.59 Å². The van der Waals surface area contributed by atoms with Crippen molar-refractivity contribution in [3.8, 4) is 5.75 Å². The van der Waals surface area contributed by atoms with E-state index in [0.29, 0.717) is 31.1 Å². The van der Waals surface area contributed by atoms with E-state index < -0.39 is 5.97 Å². The molecule has 2 saturated heterocycles. The number of carbonyl (C=O) groups excluding carboxylic acids is 3. The predicted octanol–water partition coefficient (Wildman–Crippen LogP) is 2.21. The lowest BCUT2D eigenvalue weighted by Crippen LogP contribution is -2.35. The zero-order chi connectivity index (χ0) is 24.8. The number of allylic oxidation sites excluding steroid dienone is 1. The van der Waals surface area contributed by atoms with E-state index in [-0.39, 0.29) is 41.8 Å². The van der Waals surface area contributed by atoms with Gasteiger partial charge in [-0.2, -0.15) is 0 Å². The van der Waals surface area contributed by atoms with E-state index >= 15 is 0 Å². The molecule has 1 N–H and O–H groups in total. The van der Waals surface area contributed by atoms with Crippen LogP contribution in [0.5, 0.6) is 5.75 Å². The van der Waals surface area contributed by atoms with E-state index in [1.807, 2.05) is 0 Å². The van der Waals surface area contributed by atoms with Crippen molar-refractivity contribution in [2.75, 3.05) is 40.0 Å². The second-order valence-electron chi connectivity index (χ2n) is 8.86. The zero-order valence-corrected chi connectivity index (χ0v) is 20.2. The van der Waals surface area contributed by atoms with Gasteiger partial charge in [0.05, 0.1) is 37.0 Å². The molecule has 4 rings (SSSR count). The van der Waals surface area contributed by atoms with E-state index in [2.05, 4.69) is 5.32 Å². The predicted molar refractivity (Wildman–Crippen MR) is 127 cm³/mol. The van der Waals surface area contributed by atoms with Crippen molar-refractivity contribution in [1.29, 1.82) is 0 Å². The third-order valence-electron chi connectivity index (χ3n) is 6.42. The Bertz CT molecular complexity index is 1000. The van der Waals surface area contributed by atoms with Gasteiger partial charge in [-0.05, 0) is 56.4 Å². The number of hydrogen-bond acceptors (Lipinski definition) is 7. The zero-order valence-electron chi connectivity index (χ0n) is 20.2. The van der Waals surface area contributed by atoms with Gasteiger partial charge in [-0.15, -0.1) is 0 Å². The number of nitrogens with one attached hydrogen (secondary N) is 1. The first-order valence-electron chi connectivity index (χ1n) is 12.0. The number of carbonyl (C=O) groups is 3. The maximum absolute atomic E-state index is 13.2. The standard InChI is InChI=1S/C26H32N2O7/c1-17-24(26(31)32-2)22(25(30)28(17)15-21-6-4-12-34-21)13-18-7-9-19(10-8-18)35-16-23(29)27-14-20-5-3-11-33-20/h7-10,13,20-21H,3-6,11-12,14-16H2,1-2H3,(H,27,29)/b22-13-/t20-,21+/m0/s1. The second-order valence-corrected chi connectivity index (χ2v) is 8.86. The van der Waals surface area contributed by atoms with E-state index in [9.17, 15) is 14.4 Å². The molecule has 2 fully saturated rings. The summed E-state index contributed by atoms with van der Waals surface area (Å²) in [4.78, 5) is 39.3. The van der Waals surface area contributed by atoms with Crippen LogP contribution in [0.1, 0.15) is 38.2 Å². The smallest absolute Gasteiger partial charge is 0.340 e. The fourth-order valence-corrected chi connectivity index (χ4v) is 4.50. The topological polar surface area (TPSA) is 103 Å². The van der Waals surface area contributed by atoms with Crippen molar-refractivity contribution >= 4 is 23.9 Å². The minimum Gasteiger partial charge on any atom is -0.484 e. The summed E-state index contributed by atoms with van der Waals surface area (Å²) >= 11 is 0. The number of nitrogens with zero attached hydrogens (tertiary/aromatic N) is 1. The van der Waals surface area contributed by atoms with Gasteiger partial charge >= 0.3 is 5.97 Å². The Morgan fingerprint density at radius 1 is 1.11 bits per heavy atom. The van der Waals surface area contributed by atoms with Crippen molar-refractivity contribution in [3.05, 3.63) is 46.7 Å². The quantitative estimate of drug-likeness (QED) is 0.423. The normalized spacial score (nSPS) is 23.3. The molecule has 0 aliphatic carbocycles. The first kappa shape index (κ1) is 24.9. The highest BCUT2D eigenvalue weighted by atomic mass is 16.5. The van der Waals surface area contributed by atoms with Crippen molar-refractivity contribution in [2.45, 2.75) is 44.8 Å². The Hall–Kier alpha value is -3.17. The number of hydrogen-bond donors (Lipinski definition) is 1. The lowest BCUT2D eigenvalue weighted by atomic mass is 10.0. The van der Waals surface area contributed by atoms with Crippen molar-refractivity contribution < 1.29 is 33.3 Å². The van der Waals surface area contributed by atoms with Crippen LogP contribution in [-0.2, 0) is 28.6 Å². The molecule has 2 atom stereocenters. The lowest BCUT2D eigenvalue weighted by Gasteiger charge is -2.21. The molecule has 0 radical (unpaired) electrons. The first-order valence-corrected chi connectivity index (χ1v) is 12.0. The maximum atomic E-state index is 13.2. The van der Waals surface area contributed by atoms with Crippen LogP contribution in [0.2, 0.25) is 0 Å². The van der Waals surface area contributed by atoms with Gasteiger partial charge < -0.3 is 29.2 Å². The number of benzene rings is 1. The van der Waals surface area contributed by atoms with Gasteiger partial charge in [-0.1, -0.05) is 12.1 Å². The molecule has 3 aliphatic rings. The Morgan fingerprint density at radius 3 is 2.43 bits per heavy atom. The van der Waals surface area contributed by atoms with Gasteiger partial charge in [0.2, 0.25) is 0 Å². The summed E-state index contributed by atoms with van der Waals surface area (Å²) in [5.41, 5.74) is 1.84. The summed E-state index contributed by atoms with van der Waals surface area (Å²) in [7, 11) is 1.30. The fraction of sp³-hybridized carbons (Fsp3) is 0.500. The Balaban J connectivity index is 1.40. The Kier molecular flexibility index (Phi) is 8.20. The highest BCUT2D eigenvalue weighted by Crippen LogP contribution is 2.33. The molecular formula is C26H32N2O7. The number of rotatable bonds is 9. The monoisotopic (exact) mass is 484 g/mol. The average Bonchev–Trinajstić information content (AvgIpc) is 3.62. The molecule has 0 spiro atoms. The SMILES string of the molecule is COC(=O)C1=C(C)N(C[C@H]2CCCO2)C(=O)/C1=C\c1ccc(OCC(=O)NC[C@@H]2CCCO2)cc1. The third-order valence-corrected chi connectivity index (χ3v) is 6.42. The number of esters is 1. The molecule has 2 amide bonds. The van der Waals surface area contributed by atoms with Crippen molar-refractivity contribution in [3.63, 3.8) is 0 Å². The highest BCUT2D eigenvalue weighted by Gasteiger charge is 2.38. The summed E-state index contributed by atoms with van der Waals surface area (Å²) in [5, 5.41) is 2.82. The number of methoxy groups -OCH3 is 1. The molecule has 3 aliphatic heterocycles. The van der Waals surface area contributed by atoms with E-state index in [0.717, 1.165) is 37.9 Å². The van der Waals surface area contributed by atoms with E-state index in [1.54, 1.807) is 42.2 Å². The first-order chi connectivity index (χ1) is 17.0. The molecular weight excluding hydrogens is 452 g/mol. The van der Waals surface area contributed by atoms with Gasteiger partial charge in [0.25, 0.3) is 11.8 Å². The molecule has 35 heavy (non-hydrogen) atoms. The minimum absolute atomic E-state index is 0.0357. The van der Waals surface area contributed by atoms with Crippen molar-refractivity contribution in [1.82, 2.24) is 10.2 Å². The average molecular weight is 485 g/mol. The van der Waals surface area contributed by atoms with Crippen LogP contribution in [0.4, 0.5) is 0 Å². The highest BCUT2D eigenvalue weighted by molar-refractivity contribution is 6.16. The summed E-state index contributed by atoms with van der Waals surface area (Å²) in [6, 6.07) is 6.98. The van der Waals surface area contributed by atoms with Gasteiger partial charge in [0, 0.05) is 25.5 Å². The molecule has 1 aromatic rings. The molecule has 0 unspecified atom stereocenters. The minimum atomic E-state index is -0.550. The lowest BCUT2D eigenvalue weighted by molar-refractivity contribution is -0.136. The van der Waals surface area contributed by atoms with Crippen LogP contribution < -0.4 is 10.1 Å². The summed E-state index contributed by atoms with van der Waals surface area (Å²) in [6.45, 7) is 3.98. The largest absolute Gasteiger partial charge is 0.484 e. The summed E-state index contributed by atoms with van der Waals surface area (Å²) in [6.07, 6.45) is 5.55. The van der Waals surface area contributed by atoms with Crippen LogP contribution in [0.3, 0.4) is 0 Å². The molecule has 0 saturated carbocycles. The Morgan fingerprint density at radius 2 is 1.80 bits per heavy atom. The number of amides is 2. The van der Waals surface area contributed by atoms with Gasteiger partial charge in [-0.25, -0.2) is 4.79 Å². The van der Waals surface area contributed by atoms with Crippen LogP contribution >= 0.6 is 0 Å². The maximum Gasteiger partial charge on any atom is 0.340 e. The number of ether oxygens (including phenoxy) is 4. The third kappa shape index (κ3) is 6.10. The van der Waals surface area contributed by atoms with Gasteiger partial charge in [0.1, 0.15) is 5.75 Å². The summed E-state index contributed by atoms with van der Waals surface area (Å²) in [5.74, 6) is -0.484. The second kappa shape index (κ2) is 11.5. The summed E-state index contributed by atoms with van der Waals surface area (Å²) < 4.78 is 21.7.